The van der Waals surface area contributed by atoms with Crippen LogP contribution in [0.5, 0.6) is 0 Å². The zero-order chi connectivity index (χ0) is 23.8. The number of sulfonamides is 1. The molecule has 0 spiro atoms. The minimum Gasteiger partial charge on any atom is -0.296 e. The summed E-state index contributed by atoms with van der Waals surface area (Å²) >= 11 is 0. The van der Waals surface area contributed by atoms with Gasteiger partial charge in [0, 0.05) is 43.9 Å². The lowest BCUT2D eigenvalue weighted by molar-refractivity contribution is -0.138. The van der Waals surface area contributed by atoms with Crippen molar-refractivity contribution in [3.63, 3.8) is 0 Å². The van der Waals surface area contributed by atoms with Crippen molar-refractivity contribution < 1.29 is 31.2 Å². The van der Waals surface area contributed by atoms with Gasteiger partial charge in [0.25, 0.3) is 11.8 Å². The zero-order valence-electron chi connectivity index (χ0n) is 17.4. The largest absolute Gasteiger partial charge is 0.417 e. The second-order valence-corrected chi connectivity index (χ2v) is 9.72. The number of rotatable bonds is 5. The number of halogens is 3. The van der Waals surface area contributed by atoms with Crippen LogP contribution in [0.15, 0.2) is 29.3 Å². The predicted molar refractivity (Wildman–Crippen MR) is 109 cm³/mol. The van der Waals surface area contributed by atoms with Gasteiger partial charge in [0.2, 0.25) is 10.0 Å². The Hall–Kier alpha value is -2.75. The molecule has 8 nitrogen and oxygen atoms in total. The molecule has 0 atom stereocenters. The van der Waals surface area contributed by atoms with Crippen LogP contribution in [-0.4, -0.2) is 67.9 Å². The van der Waals surface area contributed by atoms with Gasteiger partial charge in [0.05, 0.1) is 28.6 Å². The highest BCUT2D eigenvalue weighted by Crippen LogP contribution is 2.36. The molecule has 1 saturated heterocycles. The number of benzene rings is 1. The minimum atomic E-state index is -4.82. The van der Waals surface area contributed by atoms with Crippen LogP contribution in [0.3, 0.4) is 0 Å². The Morgan fingerprint density at radius 1 is 1.09 bits per heavy atom. The number of amides is 2. The van der Waals surface area contributed by atoms with Crippen LogP contribution in [0.1, 0.15) is 25.0 Å². The van der Waals surface area contributed by atoms with E-state index in [0.29, 0.717) is 24.1 Å². The lowest BCUT2D eigenvalue weighted by Gasteiger charge is -2.33. The number of nitrogens with zero attached hydrogens (tertiary/aromatic N) is 4. The first-order valence-corrected chi connectivity index (χ1v) is 11.4. The Bertz CT molecular complexity index is 1130. The molecule has 32 heavy (non-hydrogen) atoms. The van der Waals surface area contributed by atoms with Crippen LogP contribution < -0.4 is 4.90 Å². The molecule has 0 N–H and O–H groups in total. The van der Waals surface area contributed by atoms with Gasteiger partial charge in [-0.2, -0.15) is 22.7 Å². The summed E-state index contributed by atoms with van der Waals surface area (Å²) in [4.78, 5) is 28.2. The average Bonchev–Trinajstić information content (AvgIpc) is 2.96. The highest BCUT2D eigenvalue weighted by Gasteiger charge is 2.40. The fraction of sp³-hybridized carbons (Fsp3) is 0.450. The van der Waals surface area contributed by atoms with Crippen molar-refractivity contribution in [2.75, 3.05) is 43.4 Å². The Balaban J connectivity index is 1.80. The van der Waals surface area contributed by atoms with Crippen molar-refractivity contribution in [2.24, 2.45) is 0 Å². The lowest BCUT2D eigenvalue weighted by Crippen LogP contribution is -2.49. The zero-order valence-corrected chi connectivity index (χ0v) is 18.3. The van der Waals surface area contributed by atoms with Gasteiger partial charge in [-0.25, -0.2) is 13.3 Å². The summed E-state index contributed by atoms with van der Waals surface area (Å²) in [5.41, 5.74) is -1.82. The van der Waals surface area contributed by atoms with E-state index >= 15 is 0 Å². The minimum absolute atomic E-state index is 0.0102. The summed E-state index contributed by atoms with van der Waals surface area (Å²) in [7, 11) is -3.32. The molecule has 2 aliphatic rings. The number of hydrogen-bond donors (Lipinski definition) is 0. The summed E-state index contributed by atoms with van der Waals surface area (Å²) in [5, 5.41) is 8.94. The molecule has 2 aliphatic heterocycles. The molecule has 0 bridgehead atoms. The first kappa shape index (κ1) is 23.9. The van der Waals surface area contributed by atoms with Crippen molar-refractivity contribution >= 4 is 27.5 Å². The molecule has 2 amide bonds. The van der Waals surface area contributed by atoms with E-state index in [0.717, 1.165) is 12.1 Å². The highest BCUT2D eigenvalue weighted by atomic mass is 32.2. The third kappa shape index (κ3) is 4.41. The van der Waals surface area contributed by atoms with Crippen LogP contribution in [0.4, 0.5) is 18.9 Å². The normalized spacial score (nSPS) is 19.1. The molecule has 0 unspecified atom stereocenters. The van der Waals surface area contributed by atoms with Gasteiger partial charge in [0.1, 0.15) is 0 Å². The Morgan fingerprint density at radius 2 is 1.72 bits per heavy atom. The van der Waals surface area contributed by atoms with Crippen molar-refractivity contribution in [2.45, 2.75) is 20.0 Å². The highest BCUT2D eigenvalue weighted by molar-refractivity contribution is 7.89. The maximum absolute atomic E-state index is 13.3. The van der Waals surface area contributed by atoms with Crippen molar-refractivity contribution in [1.29, 1.82) is 5.26 Å². The SMILES string of the molecule is CCS(=O)(=O)N1CCN(CC2=C(C)C(=O)N(c3ccc(C#N)c(C(F)(F)F)c3)C2=O)CC1. The second kappa shape index (κ2) is 8.65. The van der Waals surface area contributed by atoms with E-state index in [1.54, 1.807) is 6.92 Å². The molecule has 0 aromatic heterocycles. The molecule has 1 fully saturated rings. The summed E-state index contributed by atoms with van der Waals surface area (Å²) < 4.78 is 65.2. The third-order valence-corrected chi connectivity index (χ3v) is 7.48. The van der Waals surface area contributed by atoms with Crippen LogP contribution in [0.25, 0.3) is 0 Å². The lowest BCUT2D eigenvalue weighted by atomic mass is 10.1. The quantitative estimate of drug-likeness (QED) is 0.608. The number of nitriles is 1. The summed E-state index contributed by atoms with van der Waals surface area (Å²) in [6.45, 7) is 4.27. The number of alkyl halides is 3. The monoisotopic (exact) mass is 470 g/mol. The van der Waals surface area contributed by atoms with Gasteiger partial charge in [-0.3, -0.25) is 14.5 Å². The molecule has 1 aromatic rings. The maximum Gasteiger partial charge on any atom is 0.417 e. The topological polar surface area (TPSA) is 102 Å². The molecule has 3 rings (SSSR count). The Morgan fingerprint density at radius 3 is 2.25 bits per heavy atom. The number of anilines is 1. The number of piperazine rings is 1. The average molecular weight is 470 g/mol. The van der Waals surface area contributed by atoms with E-state index in [-0.39, 0.29) is 42.2 Å². The van der Waals surface area contributed by atoms with E-state index in [2.05, 4.69) is 0 Å². The summed E-state index contributed by atoms with van der Waals surface area (Å²) in [6.07, 6.45) is -4.82. The van der Waals surface area contributed by atoms with Gasteiger partial charge in [-0.05, 0) is 32.0 Å². The predicted octanol–water partition coefficient (Wildman–Crippen LogP) is 1.73. The van der Waals surface area contributed by atoms with Crippen molar-refractivity contribution in [1.82, 2.24) is 9.21 Å². The Kier molecular flexibility index (Phi) is 6.46. The van der Waals surface area contributed by atoms with E-state index < -0.39 is 39.1 Å². The smallest absolute Gasteiger partial charge is 0.296 e. The van der Waals surface area contributed by atoms with E-state index in [1.165, 1.54) is 17.3 Å². The number of imide groups is 1. The van der Waals surface area contributed by atoms with E-state index in [4.69, 9.17) is 5.26 Å². The fourth-order valence-electron chi connectivity index (χ4n) is 3.68. The molecule has 172 valence electrons. The fourth-order valence-corrected chi connectivity index (χ4v) is 4.77. The molecule has 0 saturated carbocycles. The number of hydrogen-bond acceptors (Lipinski definition) is 6. The van der Waals surface area contributed by atoms with Gasteiger partial charge in [0.15, 0.2) is 0 Å². The van der Waals surface area contributed by atoms with E-state index in [1.807, 2.05) is 4.90 Å². The maximum atomic E-state index is 13.3. The first-order chi connectivity index (χ1) is 14.9. The Labute approximate surface area is 183 Å². The molecule has 12 heteroatoms. The van der Waals surface area contributed by atoms with Crippen molar-refractivity contribution in [3.05, 3.63) is 40.5 Å². The third-order valence-electron chi connectivity index (χ3n) is 5.60. The molecule has 0 radical (unpaired) electrons. The standard InChI is InChI=1S/C20H21F3N4O4S/c1-3-32(30,31)26-8-6-25(7-9-26)12-16-13(2)18(28)27(19(16)29)15-5-4-14(11-24)17(10-15)20(21,22)23/h4-5,10H,3,6-9,12H2,1-2H3. The molecular formula is C20H21F3N4O4S. The summed E-state index contributed by atoms with van der Waals surface area (Å²) in [5.74, 6) is -1.46. The molecule has 2 heterocycles. The number of carbonyl (C=O) groups excluding carboxylic acids is 2. The van der Waals surface area contributed by atoms with Gasteiger partial charge in [-0.15, -0.1) is 0 Å². The second-order valence-electron chi connectivity index (χ2n) is 7.46. The molecular weight excluding hydrogens is 449 g/mol. The van der Waals surface area contributed by atoms with Crippen LogP contribution in [-0.2, 0) is 25.8 Å². The van der Waals surface area contributed by atoms with Crippen molar-refractivity contribution in [3.8, 4) is 6.07 Å². The number of carbonyl (C=O) groups is 2. The molecule has 1 aromatic carbocycles. The van der Waals surface area contributed by atoms with E-state index in [9.17, 15) is 31.2 Å². The molecule has 0 aliphatic carbocycles. The van der Waals surface area contributed by atoms with Crippen LogP contribution in [0.2, 0.25) is 0 Å². The van der Waals surface area contributed by atoms with Crippen LogP contribution in [0, 0.1) is 11.3 Å². The first-order valence-electron chi connectivity index (χ1n) is 9.80. The van der Waals surface area contributed by atoms with Crippen LogP contribution >= 0.6 is 0 Å². The van der Waals surface area contributed by atoms with Gasteiger partial charge >= 0.3 is 6.18 Å². The summed E-state index contributed by atoms with van der Waals surface area (Å²) in [6, 6.07) is 4.15. The van der Waals surface area contributed by atoms with Gasteiger partial charge in [-0.1, -0.05) is 0 Å². The van der Waals surface area contributed by atoms with Gasteiger partial charge < -0.3 is 0 Å².